The summed E-state index contributed by atoms with van der Waals surface area (Å²) < 4.78 is 1.85. The maximum Gasteiger partial charge on any atom is 0.0697 e. The van der Waals surface area contributed by atoms with E-state index in [1.165, 1.54) is 5.56 Å². The summed E-state index contributed by atoms with van der Waals surface area (Å²) in [4.78, 5) is 0. The highest BCUT2D eigenvalue weighted by molar-refractivity contribution is 5.20. The van der Waals surface area contributed by atoms with E-state index in [0.29, 0.717) is 12.5 Å². The molecule has 0 aromatic carbocycles. The van der Waals surface area contributed by atoms with Gasteiger partial charge in [-0.15, -0.1) is 0 Å². The minimum absolute atomic E-state index is 0.319. The van der Waals surface area contributed by atoms with Crippen LogP contribution in [0.5, 0.6) is 0 Å². The molecule has 17 heavy (non-hydrogen) atoms. The van der Waals surface area contributed by atoms with Crippen LogP contribution in [0.4, 0.5) is 0 Å². The van der Waals surface area contributed by atoms with Crippen molar-refractivity contribution in [3.8, 4) is 6.07 Å². The first-order valence-corrected chi connectivity index (χ1v) is 6.00. The molecule has 0 aliphatic rings. The molecule has 1 aromatic rings. The molecule has 4 heteroatoms. The number of rotatable bonds is 5. The highest BCUT2D eigenvalue weighted by atomic mass is 15.3. The van der Waals surface area contributed by atoms with Crippen LogP contribution in [-0.2, 0) is 13.6 Å². The molecule has 1 heterocycles. The lowest BCUT2D eigenvalue weighted by atomic mass is 9.96. The van der Waals surface area contributed by atoms with E-state index in [9.17, 15) is 0 Å². The third-order valence-electron chi connectivity index (χ3n) is 2.67. The summed E-state index contributed by atoms with van der Waals surface area (Å²) in [6.07, 6.45) is 2.04. The van der Waals surface area contributed by atoms with E-state index in [-0.39, 0.29) is 5.41 Å². The molecule has 0 amide bonds. The fourth-order valence-electron chi connectivity index (χ4n) is 1.73. The van der Waals surface area contributed by atoms with Gasteiger partial charge < -0.3 is 5.32 Å². The lowest BCUT2D eigenvalue weighted by Gasteiger charge is -2.16. The second-order valence-corrected chi connectivity index (χ2v) is 5.47. The van der Waals surface area contributed by atoms with Gasteiger partial charge in [0.25, 0.3) is 0 Å². The highest BCUT2D eigenvalue weighted by Gasteiger charge is 2.17. The van der Waals surface area contributed by atoms with Gasteiger partial charge in [-0.25, -0.2) is 0 Å². The van der Waals surface area contributed by atoms with Crippen LogP contribution in [0.2, 0.25) is 0 Å². The summed E-state index contributed by atoms with van der Waals surface area (Å²) in [7, 11) is 1.94. The van der Waals surface area contributed by atoms with Crippen LogP contribution in [-0.4, -0.2) is 16.3 Å². The average molecular weight is 234 g/mol. The van der Waals surface area contributed by atoms with Crippen LogP contribution >= 0.6 is 0 Å². The fraction of sp³-hybridized carbons (Fsp3) is 0.692. The zero-order chi connectivity index (χ0) is 13.1. The molecule has 94 valence electrons. The normalized spacial score (nSPS) is 11.8. The van der Waals surface area contributed by atoms with Crippen molar-refractivity contribution in [1.29, 1.82) is 5.26 Å². The van der Waals surface area contributed by atoms with Gasteiger partial charge in [-0.2, -0.15) is 10.4 Å². The van der Waals surface area contributed by atoms with Crippen molar-refractivity contribution < 1.29 is 0 Å². The van der Waals surface area contributed by atoms with Gasteiger partial charge in [0.15, 0.2) is 0 Å². The molecule has 0 aliphatic carbocycles. The Morgan fingerprint density at radius 1 is 1.53 bits per heavy atom. The Morgan fingerprint density at radius 2 is 2.18 bits per heavy atom. The Bertz CT molecular complexity index is 410. The highest BCUT2D eigenvalue weighted by Crippen LogP contribution is 2.17. The molecule has 0 aliphatic heterocycles. The standard InChI is InChI=1S/C13H22N4/c1-10(2)12-11(7-17(5)16-12)6-15-9-13(3,4)8-14/h7,10,15H,6,9H2,1-5H3. The van der Waals surface area contributed by atoms with E-state index in [4.69, 9.17) is 5.26 Å². The first-order valence-electron chi connectivity index (χ1n) is 6.00. The smallest absolute Gasteiger partial charge is 0.0697 e. The molecule has 0 radical (unpaired) electrons. The molecule has 0 saturated heterocycles. The maximum atomic E-state index is 8.93. The zero-order valence-corrected chi connectivity index (χ0v) is 11.4. The summed E-state index contributed by atoms with van der Waals surface area (Å²) in [5.41, 5.74) is 2.03. The molecule has 0 unspecified atom stereocenters. The monoisotopic (exact) mass is 234 g/mol. The van der Waals surface area contributed by atoms with Crippen molar-refractivity contribution in [2.45, 2.75) is 40.2 Å². The molecule has 0 bridgehead atoms. The Hall–Kier alpha value is -1.34. The van der Waals surface area contributed by atoms with Gasteiger partial charge >= 0.3 is 0 Å². The number of hydrogen-bond acceptors (Lipinski definition) is 3. The summed E-state index contributed by atoms with van der Waals surface area (Å²) in [6, 6.07) is 2.29. The van der Waals surface area contributed by atoms with Crippen molar-refractivity contribution in [3.63, 3.8) is 0 Å². The Balaban J connectivity index is 2.61. The average Bonchev–Trinajstić information content (AvgIpc) is 2.60. The van der Waals surface area contributed by atoms with E-state index in [1.54, 1.807) is 0 Å². The number of aromatic nitrogens is 2. The third kappa shape index (κ3) is 3.86. The van der Waals surface area contributed by atoms with E-state index < -0.39 is 0 Å². The number of aryl methyl sites for hydroxylation is 1. The van der Waals surface area contributed by atoms with Crippen LogP contribution < -0.4 is 5.32 Å². The number of hydrogen-bond donors (Lipinski definition) is 1. The van der Waals surface area contributed by atoms with E-state index >= 15 is 0 Å². The minimum Gasteiger partial charge on any atom is -0.311 e. The largest absolute Gasteiger partial charge is 0.311 e. The molecular formula is C13H22N4. The van der Waals surface area contributed by atoms with E-state index in [2.05, 4.69) is 30.3 Å². The van der Waals surface area contributed by atoms with Crippen LogP contribution in [0.1, 0.15) is 44.9 Å². The quantitative estimate of drug-likeness (QED) is 0.849. The van der Waals surface area contributed by atoms with Crippen molar-refractivity contribution in [3.05, 3.63) is 17.5 Å². The van der Waals surface area contributed by atoms with Crippen molar-refractivity contribution in [1.82, 2.24) is 15.1 Å². The second kappa shape index (κ2) is 5.33. The van der Waals surface area contributed by atoms with Gasteiger partial charge in [-0.05, 0) is 19.8 Å². The fourth-order valence-corrected chi connectivity index (χ4v) is 1.73. The summed E-state index contributed by atoms with van der Waals surface area (Å²) in [5, 5.41) is 16.7. The van der Waals surface area contributed by atoms with Gasteiger partial charge in [-0.1, -0.05) is 13.8 Å². The topological polar surface area (TPSA) is 53.6 Å². The molecule has 1 N–H and O–H groups in total. The Labute approximate surface area is 104 Å². The molecule has 4 nitrogen and oxygen atoms in total. The van der Waals surface area contributed by atoms with Crippen molar-refractivity contribution in [2.24, 2.45) is 12.5 Å². The van der Waals surface area contributed by atoms with Crippen molar-refractivity contribution >= 4 is 0 Å². The van der Waals surface area contributed by atoms with Gasteiger partial charge in [0.05, 0.1) is 17.2 Å². The molecule has 0 fully saturated rings. The first-order chi connectivity index (χ1) is 7.85. The molecular weight excluding hydrogens is 212 g/mol. The van der Waals surface area contributed by atoms with Gasteiger partial charge in [0.2, 0.25) is 0 Å². The van der Waals surface area contributed by atoms with Gasteiger partial charge in [-0.3, -0.25) is 4.68 Å². The number of nitrogens with one attached hydrogen (secondary N) is 1. The minimum atomic E-state index is -0.319. The molecule has 1 rings (SSSR count). The Morgan fingerprint density at radius 3 is 2.71 bits per heavy atom. The maximum absolute atomic E-state index is 8.93. The first kappa shape index (κ1) is 13.7. The van der Waals surface area contributed by atoms with E-state index in [1.807, 2.05) is 31.8 Å². The zero-order valence-electron chi connectivity index (χ0n) is 11.4. The second-order valence-electron chi connectivity index (χ2n) is 5.47. The SMILES string of the molecule is CC(C)c1nn(C)cc1CNCC(C)(C)C#N. The van der Waals surface area contributed by atoms with Gasteiger partial charge in [0, 0.05) is 31.9 Å². The predicted octanol–water partition coefficient (Wildman–Crippen LogP) is 2.18. The van der Waals surface area contributed by atoms with Crippen LogP contribution in [0.3, 0.4) is 0 Å². The molecule has 0 atom stereocenters. The molecule has 0 spiro atoms. The Kier molecular flexibility index (Phi) is 4.30. The summed E-state index contributed by atoms with van der Waals surface area (Å²) in [5.74, 6) is 0.428. The van der Waals surface area contributed by atoms with Gasteiger partial charge in [0.1, 0.15) is 0 Å². The van der Waals surface area contributed by atoms with Crippen LogP contribution in [0.25, 0.3) is 0 Å². The number of nitriles is 1. The van der Waals surface area contributed by atoms with Crippen LogP contribution in [0, 0.1) is 16.7 Å². The summed E-state index contributed by atoms with van der Waals surface area (Å²) >= 11 is 0. The molecule has 1 aromatic heterocycles. The lowest BCUT2D eigenvalue weighted by molar-refractivity contribution is 0.444. The third-order valence-corrected chi connectivity index (χ3v) is 2.67. The van der Waals surface area contributed by atoms with Crippen molar-refractivity contribution in [2.75, 3.05) is 6.54 Å². The van der Waals surface area contributed by atoms with E-state index in [0.717, 1.165) is 12.2 Å². The van der Waals surface area contributed by atoms with Crippen LogP contribution in [0.15, 0.2) is 6.20 Å². The predicted molar refractivity (Wildman–Crippen MR) is 68.4 cm³/mol. The summed E-state index contributed by atoms with van der Waals surface area (Å²) in [6.45, 7) is 9.62. The molecule has 0 saturated carbocycles. The lowest BCUT2D eigenvalue weighted by Crippen LogP contribution is -2.27. The number of nitrogens with zero attached hydrogens (tertiary/aromatic N) is 3.